The fourth-order valence-electron chi connectivity index (χ4n) is 2.30. The number of benzene rings is 1. The van der Waals surface area contributed by atoms with Gasteiger partial charge >= 0.3 is 12.1 Å². The lowest BCUT2D eigenvalue weighted by atomic mass is 10.0. The molecule has 0 radical (unpaired) electrons. The van der Waals surface area contributed by atoms with Gasteiger partial charge in [-0.05, 0) is 37.5 Å². The summed E-state index contributed by atoms with van der Waals surface area (Å²) in [5.74, 6) is -1.22. The number of aromatic carboxylic acids is 1. The van der Waals surface area contributed by atoms with E-state index in [9.17, 15) is 18.0 Å². The Hall–Kier alpha value is -1.72. The molecule has 104 valence electrons. The quantitative estimate of drug-likeness (QED) is 0.897. The molecule has 1 fully saturated rings. The fourth-order valence-corrected chi connectivity index (χ4v) is 2.30. The first-order valence-electron chi connectivity index (χ1n) is 6.09. The average Bonchev–Trinajstić information content (AvgIpc) is 2.38. The second-order valence-electron chi connectivity index (χ2n) is 4.58. The third-order valence-corrected chi connectivity index (χ3v) is 3.25. The van der Waals surface area contributed by atoms with E-state index in [2.05, 4.69) is 0 Å². The molecule has 0 atom stereocenters. The molecular formula is C13H14F3NO2. The number of hydrogen-bond acceptors (Lipinski definition) is 2. The van der Waals surface area contributed by atoms with Gasteiger partial charge in [-0.1, -0.05) is 0 Å². The van der Waals surface area contributed by atoms with Gasteiger partial charge in [0.25, 0.3) is 0 Å². The van der Waals surface area contributed by atoms with Crippen LogP contribution in [-0.2, 0) is 6.18 Å². The van der Waals surface area contributed by atoms with Crippen LogP contribution in [0.3, 0.4) is 0 Å². The number of carboxylic acid groups (broad SMARTS) is 1. The molecule has 0 amide bonds. The van der Waals surface area contributed by atoms with Crippen molar-refractivity contribution in [3.8, 4) is 0 Å². The lowest BCUT2D eigenvalue weighted by Gasteiger charge is -2.31. The standard InChI is InChI=1S/C13H14F3NO2/c14-13(15,16)10-5-4-9(12(18)19)8-11(10)17-6-2-1-3-7-17/h4-5,8H,1-3,6-7H2,(H,18,19). The highest BCUT2D eigenvalue weighted by Crippen LogP contribution is 2.38. The van der Waals surface area contributed by atoms with E-state index in [1.54, 1.807) is 4.90 Å². The molecule has 1 aliphatic heterocycles. The predicted molar refractivity (Wildman–Crippen MR) is 64.5 cm³/mol. The molecule has 19 heavy (non-hydrogen) atoms. The van der Waals surface area contributed by atoms with Crippen LogP contribution in [0.1, 0.15) is 35.2 Å². The van der Waals surface area contributed by atoms with E-state index in [4.69, 9.17) is 5.11 Å². The topological polar surface area (TPSA) is 40.5 Å². The highest BCUT2D eigenvalue weighted by molar-refractivity contribution is 5.89. The normalized spacial score (nSPS) is 16.5. The molecule has 3 nitrogen and oxygen atoms in total. The van der Waals surface area contributed by atoms with E-state index in [0.717, 1.165) is 37.5 Å². The van der Waals surface area contributed by atoms with Gasteiger partial charge in [0.15, 0.2) is 0 Å². The summed E-state index contributed by atoms with van der Waals surface area (Å²) in [4.78, 5) is 12.5. The number of hydrogen-bond donors (Lipinski definition) is 1. The number of piperidine rings is 1. The van der Waals surface area contributed by atoms with Crippen LogP contribution in [0, 0.1) is 0 Å². The van der Waals surface area contributed by atoms with E-state index in [0.29, 0.717) is 13.1 Å². The van der Waals surface area contributed by atoms with Gasteiger partial charge in [0.2, 0.25) is 0 Å². The van der Waals surface area contributed by atoms with Gasteiger partial charge in [-0.25, -0.2) is 4.79 Å². The highest BCUT2D eigenvalue weighted by Gasteiger charge is 2.35. The molecule has 1 aromatic carbocycles. The number of rotatable bonds is 2. The Morgan fingerprint density at radius 1 is 1.16 bits per heavy atom. The zero-order valence-corrected chi connectivity index (χ0v) is 10.2. The van der Waals surface area contributed by atoms with Gasteiger partial charge in [0.05, 0.1) is 11.1 Å². The van der Waals surface area contributed by atoms with Crippen LogP contribution >= 0.6 is 0 Å². The molecular weight excluding hydrogens is 259 g/mol. The van der Waals surface area contributed by atoms with Crippen LogP contribution in [0.15, 0.2) is 18.2 Å². The lowest BCUT2D eigenvalue weighted by Crippen LogP contribution is -2.31. The number of carboxylic acids is 1. The molecule has 6 heteroatoms. The van der Waals surface area contributed by atoms with E-state index in [-0.39, 0.29) is 11.3 Å². The maximum absolute atomic E-state index is 13.0. The summed E-state index contributed by atoms with van der Waals surface area (Å²) in [5.41, 5.74) is -0.903. The summed E-state index contributed by atoms with van der Waals surface area (Å²) < 4.78 is 38.9. The van der Waals surface area contributed by atoms with Gasteiger partial charge in [0.1, 0.15) is 0 Å². The molecule has 0 unspecified atom stereocenters. The Kier molecular flexibility index (Phi) is 3.68. The van der Waals surface area contributed by atoms with Crippen molar-refractivity contribution in [1.82, 2.24) is 0 Å². The second-order valence-corrected chi connectivity index (χ2v) is 4.58. The molecule has 1 heterocycles. The van der Waals surface area contributed by atoms with Crippen molar-refractivity contribution in [2.75, 3.05) is 18.0 Å². The Morgan fingerprint density at radius 2 is 1.79 bits per heavy atom. The monoisotopic (exact) mass is 273 g/mol. The molecule has 1 aliphatic rings. The molecule has 0 aromatic heterocycles. The van der Waals surface area contributed by atoms with Crippen molar-refractivity contribution in [2.45, 2.75) is 25.4 Å². The summed E-state index contributed by atoms with van der Waals surface area (Å²) in [6.45, 7) is 1.07. The van der Waals surface area contributed by atoms with E-state index >= 15 is 0 Å². The summed E-state index contributed by atoms with van der Waals surface area (Å²) in [6.07, 6.45) is -1.82. The van der Waals surface area contributed by atoms with Crippen molar-refractivity contribution in [1.29, 1.82) is 0 Å². The van der Waals surface area contributed by atoms with Crippen LogP contribution in [0.2, 0.25) is 0 Å². The van der Waals surface area contributed by atoms with Crippen LogP contribution in [0.5, 0.6) is 0 Å². The van der Waals surface area contributed by atoms with Crippen LogP contribution in [0.25, 0.3) is 0 Å². The number of alkyl halides is 3. The molecule has 1 saturated heterocycles. The minimum Gasteiger partial charge on any atom is -0.478 e. The molecule has 0 bridgehead atoms. The van der Waals surface area contributed by atoms with Gasteiger partial charge in [-0.2, -0.15) is 13.2 Å². The summed E-state index contributed by atoms with van der Waals surface area (Å²) in [6, 6.07) is 2.97. The SMILES string of the molecule is O=C(O)c1ccc(C(F)(F)F)c(N2CCCCC2)c1. The smallest absolute Gasteiger partial charge is 0.418 e. The Labute approximate surface area is 108 Å². The van der Waals surface area contributed by atoms with E-state index < -0.39 is 17.7 Å². The maximum atomic E-state index is 13.0. The minimum atomic E-state index is -4.47. The Morgan fingerprint density at radius 3 is 2.32 bits per heavy atom. The van der Waals surface area contributed by atoms with Crippen molar-refractivity contribution in [3.63, 3.8) is 0 Å². The van der Waals surface area contributed by atoms with E-state index in [1.165, 1.54) is 0 Å². The van der Waals surface area contributed by atoms with Gasteiger partial charge < -0.3 is 10.0 Å². The van der Waals surface area contributed by atoms with Crippen LogP contribution in [-0.4, -0.2) is 24.2 Å². The Balaban J connectivity index is 2.46. The minimum absolute atomic E-state index is 0.0212. The number of halogens is 3. The van der Waals surface area contributed by atoms with Crippen molar-refractivity contribution >= 4 is 11.7 Å². The first kappa shape index (κ1) is 13.7. The Bertz CT molecular complexity index is 479. The molecule has 2 rings (SSSR count). The van der Waals surface area contributed by atoms with Gasteiger partial charge in [-0.15, -0.1) is 0 Å². The van der Waals surface area contributed by atoms with Crippen molar-refractivity contribution < 1.29 is 23.1 Å². The van der Waals surface area contributed by atoms with E-state index in [1.807, 2.05) is 0 Å². The predicted octanol–water partition coefficient (Wildman–Crippen LogP) is 3.39. The lowest BCUT2D eigenvalue weighted by molar-refractivity contribution is -0.137. The zero-order valence-electron chi connectivity index (χ0n) is 10.2. The maximum Gasteiger partial charge on any atom is 0.418 e. The molecule has 0 spiro atoms. The van der Waals surface area contributed by atoms with Crippen LogP contribution < -0.4 is 4.90 Å². The third kappa shape index (κ3) is 3.00. The van der Waals surface area contributed by atoms with Crippen LogP contribution in [0.4, 0.5) is 18.9 Å². The summed E-state index contributed by atoms with van der Waals surface area (Å²) in [7, 11) is 0. The highest BCUT2D eigenvalue weighted by atomic mass is 19.4. The van der Waals surface area contributed by atoms with Crippen molar-refractivity contribution in [2.24, 2.45) is 0 Å². The average molecular weight is 273 g/mol. The number of carbonyl (C=O) groups is 1. The first-order valence-corrected chi connectivity index (χ1v) is 6.09. The molecule has 0 aliphatic carbocycles. The number of anilines is 1. The third-order valence-electron chi connectivity index (χ3n) is 3.25. The summed E-state index contributed by atoms with van der Waals surface area (Å²) in [5, 5.41) is 8.90. The molecule has 1 aromatic rings. The second kappa shape index (κ2) is 5.11. The number of nitrogens with zero attached hydrogens (tertiary/aromatic N) is 1. The molecule has 1 N–H and O–H groups in total. The summed E-state index contributed by atoms with van der Waals surface area (Å²) >= 11 is 0. The van der Waals surface area contributed by atoms with Gasteiger partial charge in [-0.3, -0.25) is 0 Å². The molecule has 0 saturated carbocycles. The first-order chi connectivity index (χ1) is 8.89. The zero-order chi connectivity index (χ0) is 14.0. The largest absolute Gasteiger partial charge is 0.478 e. The van der Waals surface area contributed by atoms with Crippen molar-refractivity contribution in [3.05, 3.63) is 29.3 Å². The van der Waals surface area contributed by atoms with Gasteiger partial charge in [0, 0.05) is 18.8 Å². The fraction of sp³-hybridized carbons (Fsp3) is 0.462.